The maximum absolute atomic E-state index is 12.4. The highest BCUT2D eigenvalue weighted by Crippen LogP contribution is 2.30. The number of hydrogen-bond donors (Lipinski definition) is 1. The topological polar surface area (TPSA) is 65.5 Å². The van der Waals surface area contributed by atoms with E-state index in [1.807, 2.05) is 17.0 Å². The average molecular weight is 330 g/mol. The van der Waals surface area contributed by atoms with Crippen molar-refractivity contribution in [3.05, 3.63) is 24.4 Å². The van der Waals surface area contributed by atoms with Gasteiger partial charge in [-0.2, -0.15) is 0 Å². The van der Waals surface area contributed by atoms with Crippen molar-refractivity contribution < 1.29 is 9.59 Å². The molecule has 6 nitrogen and oxygen atoms in total. The van der Waals surface area contributed by atoms with Crippen molar-refractivity contribution in [2.75, 3.05) is 18.4 Å². The molecule has 24 heavy (non-hydrogen) atoms. The molecule has 2 aliphatic rings. The van der Waals surface area contributed by atoms with Gasteiger partial charge in [-0.1, -0.05) is 6.07 Å². The summed E-state index contributed by atoms with van der Waals surface area (Å²) in [5, 5.41) is 2.85. The summed E-state index contributed by atoms with van der Waals surface area (Å²) in [4.78, 5) is 32.6. The van der Waals surface area contributed by atoms with Crippen LogP contribution >= 0.6 is 0 Å². The Morgan fingerprint density at radius 1 is 1.12 bits per heavy atom. The van der Waals surface area contributed by atoms with Crippen molar-refractivity contribution in [2.24, 2.45) is 0 Å². The molecule has 1 atom stereocenters. The number of pyridine rings is 1. The molecule has 1 aliphatic heterocycles. The van der Waals surface area contributed by atoms with E-state index in [2.05, 4.69) is 15.2 Å². The van der Waals surface area contributed by atoms with Gasteiger partial charge in [-0.25, -0.2) is 9.78 Å². The van der Waals surface area contributed by atoms with E-state index in [-0.39, 0.29) is 18.0 Å². The van der Waals surface area contributed by atoms with Gasteiger partial charge in [-0.05, 0) is 50.7 Å². The number of aromatic nitrogens is 1. The van der Waals surface area contributed by atoms with Gasteiger partial charge in [0.05, 0.1) is 0 Å². The standard InChI is InChI=1S/C18H26N4O2/c1-14(23)22(15-6-4-7-15)16-8-5-12-21(13-10-16)18(24)20-17-9-2-3-11-19-17/h2-3,9,11,15-16H,4-8,10,12-13H2,1H3,(H,19,20,24)/t16-/m1/s1. The summed E-state index contributed by atoms with van der Waals surface area (Å²) in [6.07, 6.45) is 7.89. The van der Waals surface area contributed by atoms with Crippen LogP contribution in [0.1, 0.15) is 45.4 Å². The Labute approximate surface area is 143 Å². The van der Waals surface area contributed by atoms with Crippen molar-refractivity contribution in [3.8, 4) is 0 Å². The van der Waals surface area contributed by atoms with Crippen LogP contribution in [-0.4, -0.2) is 51.9 Å². The zero-order valence-electron chi connectivity index (χ0n) is 14.3. The predicted molar refractivity (Wildman–Crippen MR) is 92.6 cm³/mol. The van der Waals surface area contributed by atoms with Crippen molar-refractivity contribution in [1.29, 1.82) is 0 Å². The van der Waals surface area contributed by atoms with Gasteiger partial charge in [0.25, 0.3) is 0 Å². The highest BCUT2D eigenvalue weighted by atomic mass is 16.2. The third-order valence-electron chi connectivity index (χ3n) is 5.11. The minimum Gasteiger partial charge on any atom is -0.337 e. The lowest BCUT2D eigenvalue weighted by atomic mass is 9.89. The van der Waals surface area contributed by atoms with Crippen LogP contribution in [0.15, 0.2) is 24.4 Å². The lowest BCUT2D eigenvalue weighted by molar-refractivity contribution is -0.136. The first-order chi connectivity index (χ1) is 11.6. The number of anilines is 1. The molecule has 3 amide bonds. The zero-order valence-corrected chi connectivity index (χ0v) is 14.3. The number of rotatable bonds is 3. The minimum absolute atomic E-state index is 0.104. The van der Waals surface area contributed by atoms with Crippen LogP contribution in [0.3, 0.4) is 0 Å². The number of hydrogen-bond acceptors (Lipinski definition) is 3. The van der Waals surface area contributed by atoms with Gasteiger partial charge in [0.15, 0.2) is 0 Å². The van der Waals surface area contributed by atoms with Crippen LogP contribution in [0.2, 0.25) is 0 Å². The first-order valence-corrected chi connectivity index (χ1v) is 8.91. The number of carbonyl (C=O) groups is 2. The molecule has 1 saturated heterocycles. The second-order valence-electron chi connectivity index (χ2n) is 6.73. The first-order valence-electron chi connectivity index (χ1n) is 8.91. The summed E-state index contributed by atoms with van der Waals surface area (Å²) >= 11 is 0. The van der Waals surface area contributed by atoms with Gasteiger partial charge in [0.2, 0.25) is 5.91 Å². The maximum Gasteiger partial charge on any atom is 0.323 e. The molecule has 1 aliphatic carbocycles. The monoisotopic (exact) mass is 330 g/mol. The maximum atomic E-state index is 12.4. The van der Waals surface area contributed by atoms with E-state index in [9.17, 15) is 9.59 Å². The van der Waals surface area contributed by atoms with Crippen LogP contribution in [0.5, 0.6) is 0 Å². The Morgan fingerprint density at radius 2 is 1.88 bits per heavy atom. The van der Waals surface area contributed by atoms with E-state index in [0.29, 0.717) is 18.4 Å². The SMILES string of the molecule is CC(=O)N(C1CCC1)[C@@H]1CCCN(C(=O)Nc2ccccn2)CC1. The second-order valence-corrected chi connectivity index (χ2v) is 6.73. The number of nitrogens with one attached hydrogen (secondary N) is 1. The molecule has 130 valence electrons. The van der Waals surface area contributed by atoms with Crippen LogP contribution in [0.25, 0.3) is 0 Å². The highest BCUT2D eigenvalue weighted by molar-refractivity contribution is 5.88. The lowest BCUT2D eigenvalue weighted by Gasteiger charge is -2.42. The molecule has 0 aromatic carbocycles. The van der Waals surface area contributed by atoms with Gasteiger partial charge in [0.1, 0.15) is 5.82 Å². The number of likely N-dealkylation sites (tertiary alicyclic amines) is 1. The fourth-order valence-electron chi connectivity index (χ4n) is 3.66. The van der Waals surface area contributed by atoms with E-state index in [1.54, 1.807) is 19.2 Å². The molecule has 2 heterocycles. The summed E-state index contributed by atoms with van der Waals surface area (Å²) in [5.74, 6) is 0.749. The highest BCUT2D eigenvalue weighted by Gasteiger charge is 2.33. The Balaban J connectivity index is 1.58. The molecule has 2 fully saturated rings. The number of urea groups is 1. The van der Waals surface area contributed by atoms with Crippen LogP contribution in [0.4, 0.5) is 10.6 Å². The summed E-state index contributed by atoms with van der Waals surface area (Å²) in [6, 6.07) is 6.04. The van der Waals surface area contributed by atoms with Crippen molar-refractivity contribution in [1.82, 2.24) is 14.8 Å². The Bertz CT molecular complexity index is 574. The fourth-order valence-corrected chi connectivity index (χ4v) is 3.66. The van der Waals surface area contributed by atoms with Crippen LogP contribution in [-0.2, 0) is 4.79 Å². The quantitative estimate of drug-likeness (QED) is 0.927. The second kappa shape index (κ2) is 7.64. The Kier molecular flexibility index (Phi) is 5.33. The van der Waals surface area contributed by atoms with Gasteiger partial charge >= 0.3 is 6.03 Å². The molecule has 1 aromatic rings. The molecule has 1 saturated carbocycles. The number of nitrogens with zero attached hydrogens (tertiary/aromatic N) is 3. The van der Waals surface area contributed by atoms with Crippen molar-refractivity contribution in [2.45, 2.75) is 57.5 Å². The van der Waals surface area contributed by atoms with E-state index >= 15 is 0 Å². The van der Waals surface area contributed by atoms with Crippen molar-refractivity contribution in [3.63, 3.8) is 0 Å². The molecule has 0 spiro atoms. The van der Waals surface area contributed by atoms with Crippen molar-refractivity contribution >= 4 is 17.8 Å². The van der Waals surface area contributed by atoms with E-state index in [4.69, 9.17) is 0 Å². The molecule has 1 N–H and O–H groups in total. The third-order valence-corrected chi connectivity index (χ3v) is 5.11. The van der Waals surface area contributed by atoms with E-state index in [1.165, 1.54) is 6.42 Å². The normalized spacial score (nSPS) is 21.5. The molecule has 0 bridgehead atoms. The van der Waals surface area contributed by atoms with E-state index in [0.717, 1.165) is 38.6 Å². The first kappa shape index (κ1) is 16.7. The zero-order chi connectivity index (χ0) is 16.9. The lowest BCUT2D eigenvalue weighted by Crippen LogP contribution is -2.49. The molecular weight excluding hydrogens is 304 g/mol. The van der Waals surface area contributed by atoms with E-state index < -0.39 is 0 Å². The molecule has 0 unspecified atom stereocenters. The minimum atomic E-state index is -0.104. The molecule has 6 heteroatoms. The van der Waals surface area contributed by atoms with Gasteiger partial charge in [0, 0.05) is 38.3 Å². The summed E-state index contributed by atoms with van der Waals surface area (Å²) in [6.45, 7) is 3.08. The number of carbonyl (C=O) groups excluding carboxylic acids is 2. The Morgan fingerprint density at radius 3 is 2.50 bits per heavy atom. The smallest absolute Gasteiger partial charge is 0.323 e. The molecule has 3 rings (SSSR count). The average Bonchev–Trinajstić information content (AvgIpc) is 2.77. The van der Waals surface area contributed by atoms with Gasteiger partial charge in [-0.3, -0.25) is 10.1 Å². The third kappa shape index (κ3) is 3.86. The van der Waals surface area contributed by atoms with Crippen LogP contribution in [0, 0.1) is 0 Å². The summed E-state index contributed by atoms with van der Waals surface area (Å²) in [7, 11) is 0. The van der Waals surface area contributed by atoms with Crippen LogP contribution < -0.4 is 5.32 Å². The predicted octanol–water partition coefficient (Wildman–Crippen LogP) is 2.87. The largest absolute Gasteiger partial charge is 0.337 e. The Hall–Kier alpha value is -2.11. The van der Waals surface area contributed by atoms with Gasteiger partial charge < -0.3 is 9.80 Å². The molecular formula is C18H26N4O2. The van der Waals surface area contributed by atoms with Gasteiger partial charge in [-0.15, -0.1) is 0 Å². The summed E-state index contributed by atoms with van der Waals surface area (Å²) in [5.41, 5.74) is 0. The molecule has 0 radical (unpaired) electrons. The summed E-state index contributed by atoms with van der Waals surface area (Å²) < 4.78 is 0. The fraction of sp³-hybridized carbons (Fsp3) is 0.611. The molecule has 1 aromatic heterocycles. The number of amides is 3.